The first-order chi connectivity index (χ1) is 8.54. The number of benzene rings is 1. The van der Waals surface area contributed by atoms with Crippen LogP contribution in [0.3, 0.4) is 0 Å². The molecule has 0 aliphatic heterocycles. The average molecular weight is 271 g/mol. The number of hydrogen-bond donors (Lipinski definition) is 2. The first-order valence-corrected chi connectivity index (χ1v) is 5.78. The van der Waals surface area contributed by atoms with Gasteiger partial charge in [-0.2, -0.15) is 0 Å². The second-order valence-corrected chi connectivity index (χ2v) is 4.02. The molecule has 1 aromatic rings. The summed E-state index contributed by atoms with van der Waals surface area (Å²) in [6.45, 7) is 2.14. The number of rotatable bonds is 5. The van der Waals surface area contributed by atoms with E-state index in [4.69, 9.17) is 16.3 Å². The van der Waals surface area contributed by atoms with Gasteiger partial charge in [0.15, 0.2) is 0 Å². The molecular weight excluding hydrogens is 256 g/mol. The van der Waals surface area contributed by atoms with Gasteiger partial charge < -0.3 is 15.4 Å². The Morgan fingerprint density at radius 3 is 2.56 bits per heavy atom. The van der Waals surface area contributed by atoms with Gasteiger partial charge in [0.2, 0.25) is 5.91 Å². The van der Waals surface area contributed by atoms with E-state index < -0.39 is 0 Å². The van der Waals surface area contributed by atoms with Crippen LogP contribution in [0.5, 0.6) is 5.75 Å². The second kappa shape index (κ2) is 6.86. The van der Waals surface area contributed by atoms with E-state index in [1.165, 1.54) is 20.1 Å². The SMILES string of the molecule is COc1ccc(Cl)cc1C(=O)NCCNC(C)=O. The van der Waals surface area contributed by atoms with Crippen molar-refractivity contribution in [1.82, 2.24) is 10.6 Å². The topological polar surface area (TPSA) is 67.4 Å². The molecule has 1 rings (SSSR count). The molecule has 0 saturated heterocycles. The third-order valence-corrected chi connectivity index (χ3v) is 2.43. The molecule has 2 amide bonds. The van der Waals surface area contributed by atoms with Gasteiger partial charge in [-0.25, -0.2) is 0 Å². The summed E-state index contributed by atoms with van der Waals surface area (Å²) in [7, 11) is 1.48. The molecule has 98 valence electrons. The van der Waals surface area contributed by atoms with Gasteiger partial charge in [0.25, 0.3) is 5.91 Å². The van der Waals surface area contributed by atoms with Crippen molar-refractivity contribution in [2.75, 3.05) is 20.2 Å². The summed E-state index contributed by atoms with van der Waals surface area (Å²) in [5, 5.41) is 5.71. The largest absolute Gasteiger partial charge is 0.496 e. The monoisotopic (exact) mass is 270 g/mol. The highest BCUT2D eigenvalue weighted by molar-refractivity contribution is 6.31. The van der Waals surface area contributed by atoms with E-state index in [2.05, 4.69) is 10.6 Å². The molecule has 0 heterocycles. The van der Waals surface area contributed by atoms with Gasteiger partial charge in [0.1, 0.15) is 5.75 Å². The number of amides is 2. The zero-order chi connectivity index (χ0) is 13.5. The van der Waals surface area contributed by atoms with Crippen LogP contribution in [-0.2, 0) is 4.79 Å². The minimum atomic E-state index is -0.292. The normalized spacial score (nSPS) is 9.72. The van der Waals surface area contributed by atoms with Crippen molar-refractivity contribution in [3.63, 3.8) is 0 Å². The molecule has 0 spiro atoms. The van der Waals surface area contributed by atoms with E-state index in [1.54, 1.807) is 12.1 Å². The molecule has 5 nitrogen and oxygen atoms in total. The average Bonchev–Trinajstić information content (AvgIpc) is 2.34. The van der Waals surface area contributed by atoms with Crippen molar-refractivity contribution in [2.24, 2.45) is 0 Å². The van der Waals surface area contributed by atoms with Crippen LogP contribution in [0.1, 0.15) is 17.3 Å². The second-order valence-electron chi connectivity index (χ2n) is 3.58. The Morgan fingerprint density at radius 1 is 1.28 bits per heavy atom. The van der Waals surface area contributed by atoms with Crippen LogP contribution in [-0.4, -0.2) is 32.0 Å². The third kappa shape index (κ3) is 4.25. The smallest absolute Gasteiger partial charge is 0.255 e. The Bertz CT molecular complexity index is 449. The van der Waals surface area contributed by atoms with Gasteiger partial charge in [-0.15, -0.1) is 0 Å². The summed E-state index contributed by atoms with van der Waals surface area (Å²) in [6.07, 6.45) is 0. The predicted molar refractivity (Wildman–Crippen MR) is 69.0 cm³/mol. The highest BCUT2D eigenvalue weighted by atomic mass is 35.5. The van der Waals surface area contributed by atoms with E-state index in [-0.39, 0.29) is 11.8 Å². The minimum Gasteiger partial charge on any atom is -0.496 e. The molecule has 6 heteroatoms. The van der Waals surface area contributed by atoms with Gasteiger partial charge in [-0.3, -0.25) is 9.59 Å². The molecule has 0 aliphatic carbocycles. The van der Waals surface area contributed by atoms with E-state index in [0.717, 1.165) is 0 Å². The molecule has 1 aromatic carbocycles. The third-order valence-electron chi connectivity index (χ3n) is 2.19. The Hall–Kier alpha value is -1.75. The lowest BCUT2D eigenvalue weighted by Crippen LogP contribution is -2.33. The maximum Gasteiger partial charge on any atom is 0.255 e. The number of halogens is 1. The van der Waals surface area contributed by atoms with Crippen molar-refractivity contribution in [3.05, 3.63) is 28.8 Å². The molecule has 0 radical (unpaired) electrons. The van der Waals surface area contributed by atoms with Crippen molar-refractivity contribution in [3.8, 4) is 5.75 Å². The fourth-order valence-corrected chi connectivity index (χ4v) is 1.54. The van der Waals surface area contributed by atoms with Gasteiger partial charge in [-0.1, -0.05) is 11.6 Å². The van der Waals surface area contributed by atoms with Crippen molar-refractivity contribution < 1.29 is 14.3 Å². The molecule has 0 atom stereocenters. The van der Waals surface area contributed by atoms with Crippen molar-refractivity contribution in [1.29, 1.82) is 0 Å². The van der Waals surface area contributed by atoms with Gasteiger partial charge >= 0.3 is 0 Å². The van der Waals surface area contributed by atoms with Crippen molar-refractivity contribution in [2.45, 2.75) is 6.92 Å². The molecule has 0 unspecified atom stereocenters. The van der Waals surface area contributed by atoms with Crippen LogP contribution < -0.4 is 15.4 Å². The van der Waals surface area contributed by atoms with E-state index in [1.807, 2.05) is 0 Å². The lowest BCUT2D eigenvalue weighted by Gasteiger charge is -2.09. The Labute approximate surface area is 110 Å². The highest BCUT2D eigenvalue weighted by Gasteiger charge is 2.12. The quantitative estimate of drug-likeness (QED) is 0.791. The van der Waals surface area contributed by atoms with Crippen LogP contribution in [0.15, 0.2) is 18.2 Å². The molecule has 18 heavy (non-hydrogen) atoms. The summed E-state index contributed by atoms with van der Waals surface area (Å²) >= 11 is 5.83. The summed E-state index contributed by atoms with van der Waals surface area (Å²) in [5.41, 5.74) is 0.368. The Kier molecular flexibility index (Phi) is 5.45. The Morgan fingerprint density at radius 2 is 1.94 bits per heavy atom. The zero-order valence-electron chi connectivity index (χ0n) is 10.2. The predicted octanol–water partition coefficient (Wildman–Crippen LogP) is 1.21. The first-order valence-electron chi connectivity index (χ1n) is 5.40. The van der Waals surface area contributed by atoms with Gasteiger partial charge in [0, 0.05) is 25.0 Å². The fourth-order valence-electron chi connectivity index (χ4n) is 1.37. The molecule has 0 aromatic heterocycles. The standard InChI is InChI=1S/C12H15ClN2O3/c1-8(16)14-5-6-15-12(17)10-7-9(13)3-4-11(10)18-2/h3-4,7H,5-6H2,1-2H3,(H,14,16)(H,15,17). The minimum absolute atomic E-state index is 0.135. The van der Waals surface area contributed by atoms with Crippen LogP contribution >= 0.6 is 11.6 Å². The lowest BCUT2D eigenvalue weighted by atomic mass is 10.2. The number of carbonyl (C=O) groups excluding carboxylic acids is 2. The summed E-state index contributed by atoms with van der Waals surface area (Å²) in [6, 6.07) is 4.81. The number of methoxy groups -OCH3 is 1. The lowest BCUT2D eigenvalue weighted by molar-refractivity contribution is -0.118. The van der Waals surface area contributed by atoms with Gasteiger partial charge in [0.05, 0.1) is 12.7 Å². The molecule has 0 bridgehead atoms. The molecular formula is C12H15ClN2O3. The molecule has 0 aliphatic rings. The summed E-state index contributed by atoms with van der Waals surface area (Å²) in [4.78, 5) is 22.5. The maximum atomic E-state index is 11.9. The van der Waals surface area contributed by atoms with Crippen molar-refractivity contribution >= 4 is 23.4 Å². The molecule has 0 saturated carbocycles. The zero-order valence-corrected chi connectivity index (χ0v) is 11.0. The van der Waals surface area contributed by atoms with E-state index >= 15 is 0 Å². The van der Waals surface area contributed by atoms with E-state index in [9.17, 15) is 9.59 Å². The number of nitrogens with one attached hydrogen (secondary N) is 2. The van der Waals surface area contributed by atoms with Crippen LogP contribution in [0.4, 0.5) is 0 Å². The number of hydrogen-bond acceptors (Lipinski definition) is 3. The number of carbonyl (C=O) groups is 2. The summed E-state index contributed by atoms with van der Waals surface area (Å²) in [5.74, 6) is 0.0284. The van der Waals surface area contributed by atoms with Gasteiger partial charge in [-0.05, 0) is 18.2 Å². The fraction of sp³-hybridized carbons (Fsp3) is 0.333. The summed E-state index contributed by atoms with van der Waals surface area (Å²) < 4.78 is 5.08. The Balaban J connectivity index is 2.60. The van der Waals surface area contributed by atoms with E-state index in [0.29, 0.717) is 29.4 Å². The van der Waals surface area contributed by atoms with Crippen LogP contribution in [0.2, 0.25) is 5.02 Å². The first kappa shape index (κ1) is 14.3. The molecule has 2 N–H and O–H groups in total. The van der Waals surface area contributed by atoms with Crippen LogP contribution in [0, 0.1) is 0 Å². The van der Waals surface area contributed by atoms with Crippen LogP contribution in [0.25, 0.3) is 0 Å². The maximum absolute atomic E-state index is 11.9. The highest BCUT2D eigenvalue weighted by Crippen LogP contribution is 2.22. The number of ether oxygens (including phenoxy) is 1. The molecule has 0 fully saturated rings.